The van der Waals surface area contributed by atoms with Gasteiger partial charge < -0.3 is 10.4 Å². The molecule has 2 N–H and O–H groups in total. The van der Waals surface area contributed by atoms with E-state index in [0.717, 1.165) is 6.42 Å². The van der Waals surface area contributed by atoms with Gasteiger partial charge in [0.25, 0.3) is 0 Å². The van der Waals surface area contributed by atoms with E-state index in [2.05, 4.69) is 10.4 Å². The van der Waals surface area contributed by atoms with Gasteiger partial charge in [-0.1, -0.05) is 6.92 Å². The molecule has 1 aromatic heterocycles. The number of carboxylic acids is 1. The normalized spacial score (nSPS) is 12.2. The molecule has 0 saturated carbocycles. The van der Waals surface area contributed by atoms with Crippen molar-refractivity contribution < 1.29 is 14.8 Å². The average molecular weight is 284 g/mol. The lowest BCUT2D eigenvalue weighted by molar-refractivity contribution is -0.384. The summed E-state index contributed by atoms with van der Waals surface area (Å²) in [4.78, 5) is 21.2. The topological polar surface area (TPSA) is 110 Å². The molecule has 1 atom stereocenters. The summed E-state index contributed by atoms with van der Waals surface area (Å²) in [5.74, 6) is -0.529. The number of aliphatic carboxylic acids is 1. The van der Waals surface area contributed by atoms with E-state index < -0.39 is 10.9 Å². The molecule has 0 amide bonds. The van der Waals surface area contributed by atoms with Crippen molar-refractivity contribution in [3.63, 3.8) is 0 Å². The Hall–Kier alpha value is -2.12. The number of hydrogen-bond donors (Lipinski definition) is 2. The minimum atomic E-state index is -0.883. The fourth-order valence-corrected chi connectivity index (χ4v) is 1.95. The van der Waals surface area contributed by atoms with Crippen LogP contribution in [0.25, 0.3) is 0 Å². The summed E-state index contributed by atoms with van der Waals surface area (Å²) >= 11 is 0. The molecule has 20 heavy (non-hydrogen) atoms. The number of nitrogens with one attached hydrogen (secondary N) is 1. The number of nitrogens with zero attached hydrogens (tertiary/aromatic N) is 3. The number of nitro groups is 1. The Morgan fingerprint density at radius 2 is 2.25 bits per heavy atom. The molecule has 1 heterocycles. The van der Waals surface area contributed by atoms with Crippen molar-refractivity contribution >= 4 is 17.5 Å². The van der Waals surface area contributed by atoms with Crippen LogP contribution in [0.3, 0.4) is 0 Å². The third-order valence-corrected chi connectivity index (χ3v) is 2.89. The van der Waals surface area contributed by atoms with Gasteiger partial charge in [-0.15, -0.1) is 0 Å². The second kappa shape index (κ2) is 6.88. The summed E-state index contributed by atoms with van der Waals surface area (Å²) < 4.78 is 1.57. The van der Waals surface area contributed by atoms with Gasteiger partial charge in [-0.3, -0.25) is 14.9 Å². The van der Waals surface area contributed by atoms with Crippen molar-refractivity contribution in [2.45, 2.75) is 52.6 Å². The molecule has 1 aromatic rings. The Bertz CT molecular complexity index is 498. The molecule has 8 nitrogen and oxygen atoms in total. The van der Waals surface area contributed by atoms with E-state index in [0.29, 0.717) is 24.5 Å². The zero-order valence-electron chi connectivity index (χ0n) is 11.9. The first-order chi connectivity index (χ1) is 9.36. The van der Waals surface area contributed by atoms with Gasteiger partial charge in [0.05, 0.1) is 4.92 Å². The van der Waals surface area contributed by atoms with Crippen LogP contribution in [0.5, 0.6) is 0 Å². The standard InChI is InChI=1S/C12H20N4O4/c1-4-7-15-12(11(16(19)20)9(3)14-15)13-8(2)5-6-10(17)18/h8,13H,4-7H2,1-3H3,(H,17,18). The van der Waals surface area contributed by atoms with Crippen molar-refractivity contribution in [3.8, 4) is 0 Å². The van der Waals surface area contributed by atoms with Gasteiger partial charge in [0.1, 0.15) is 5.69 Å². The van der Waals surface area contributed by atoms with Gasteiger partial charge in [0, 0.05) is 19.0 Å². The monoisotopic (exact) mass is 284 g/mol. The molecular formula is C12H20N4O4. The molecule has 0 spiro atoms. The van der Waals surface area contributed by atoms with Crippen LogP contribution in [0.2, 0.25) is 0 Å². The van der Waals surface area contributed by atoms with Gasteiger partial charge in [-0.05, 0) is 26.7 Å². The summed E-state index contributed by atoms with van der Waals surface area (Å²) in [5.41, 5.74) is 0.317. The van der Waals surface area contributed by atoms with Crippen molar-refractivity contribution in [1.82, 2.24) is 9.78 Å². The van der Waals surface area contributed by atoms with Crippen molar-refractivity contribution in [1.29, 1.82) is 0 Å². The van der Waals surface area contributed by atoms with Gasteiger partial charge in [-0.2, -0.15) is 5.10 Å². The van der Waals surface area contributed by atoms with Crippen molar-refractivity contribution in [2.75, 3.05) is 5.32 Å². The highest BCUT2D eigenvalue weighted by atomic mass is 16.6. The van der Waals surface area contributed by atoms with Gasteiger partial charge in [-0.25, -0.2) is 4.68 Å². The zero-order chi connectivity index (χ0) is 15.3. The highest BCUT2D eigenvalue weighted by molar-refractivity contribution is 5.67. The van der Waals surface area contributed by atoms with Crippen molar-refractivity contribution in [2.24, 2.45) is 0 Å². The van der Waals surface area contributed by atoms with E-state index in [1.165, 1.54) is 0 Å². The minimum Gasteiger partial charge on any atom is -0.481 e. The van der Waals surface area contributed by atoms with Crippen LogP contribution in [-0.4, -0.2) is 31.8 Å². The first-order valence-corrected chi connectivity index (χ1v) is 6.56. The predicted octanol–water partition coefficient (Wildman–Crippen LogP) is 2.17. The third kappa shape index (κ3) is 3.94. The summed E-state index contributed by atoms with van der Waals surface area (Å²) in [6.45, 7) is 5.92. The summed E-state index contributed by atoms with van der Waals surface area (Å²) in [6.07, 6.45) is 1.21. The van der Waals surface area contributed by atoms with Crippen molar-refractivity contribution in [3.05, 3.63) is 15.8 Å². The molecule has 0 radical (unpaired) electrons. The second-order valence-electron chi connectivity index (χ2n) is 4.74. The lowest BCUT2D eigenvalue weighted by Crippen LogP contribution is -2.20. The van der Waals surface area contributed by atoms with Crippen LogP contribution in [-0.2, 0) is 11.3 Å². The number of anilines is 1. The van der Waals surface area contributed by atoms with E-state index in [9.17, 15) is 14.9 Å². The maximum Gasteiger partial charge on any atom is 0.333 e. The smallest absolute Gasteiger partial charge is 0.333 e. The highest BCUT2D eigenvalue weighted by Gasteiger charge is 2.26. The SMILES string of the molecule is CCCn1nc(C)c([N+](=O)[O-])c1NC(C)CCC(=O)O. The van der Waals surface area contributed by atoms with Gasteiger partial charge >= 0.3 is 11.7 Å². The first-order valence-electron chi connectivity index (χ1n) is 6.56. The molecule has 0 aliphatic carbocycles. The van der Waals surface area contributed by atoms with Crippen LogP contribution in [0.4, 0.5) is 11.5 Å². The Kier molecular flexibility index (Phi) is 5.48. The predicted molar refractivity (Wildman–Crippen MR) is 73.9 cm³/mol. The number of carbonyl (C=O) groups is 1. The largest absolute Gasteiger partial charge is 0.481 e. The number of hydrogen-bond acceptors (Lipinski definition) is 5. The number of carboxylic acid groups (broad SMARTS) is 1. The van der Waals surface area contributed by atoms with Crippen LogP contribution < -0.4 is 5.32 Å². The van der Waals surface area contributed by atoms with E-state index >= 15 is 0 Å². The lowest BCUT2D eigenvalue weighted by Gasteiger charge is -2.14. The average Bonchev–Trinajstić information content (AvgIpc) is 2.63. The number of rotatable bonds is 8. The maximum atomic E-state index is 11.1. The Labute approximate surface area is 116 Å². The maximum absolute atomic E-state index is 11.1. The molecule has 1 rings (SSSR count). The molecule has 0 aliphatic rings. The van der Waals surface area contributed by atoms with Crippen LogP contribution >= 0.6 is 0 Å². The molecule has 0 aromatic carbocycles. The Morgan fingerprint density at radius 1 is 1.60 bits per heavy atom. The van der Waals surface area contributed by atoms with Gasteiger partial charge in [0.15, 0.2) is 0 Å². The zero-order valence-corrected chi connectivity index (χ0v) is 11.9. The summed E-state index contributed by atoms with van der Waals surface area (Å²) in [6, 6.07) is -0.184. The molecule has 0 aliphatic heterocycles. The Morgan fingerprint density at radius 3 is 2.75 bits per heavy atom. The van der Waals surface area contributed by atoms with Crippen LogP contribution in [0, 0.1) is 17.0 Å². The molecule has 8 heteroatoms. The quantitative estimate of drug-likeness (QED) is 0.559. The van der Waals surface area contributed by atoms with E-state index in [1.54, 1.807) is 18.5 Å². The lowest BCUT2D eigenvalue weighted by atomic mass is 10.2. The first kappa shape index (κ1) is 15.9. The number of aromatic nitrogens is 2. The van der Waals surface area contributed by atoms with Crippen LogP contribution in [0.1, 0.15) is 38.8 Å². The number of aryl methyl sites for hydroxylation is 2. The second-order valence-corrected chi connectivity index (χ2v) is 4.74. The summed E-state index contributed by atoms with van der Waals surface area (Å²) in [5, 5.41) is 27.0. The molecule has 0 saturated heterocycles. The minimum absolute atomic E-state index is 0.0167. The molecule has 0 fully saturated rings. The van der Waals surface area contributed by atoms with E-state index in [1.807, 2.05) is 6.92 Å². The van der Waals surface area contributed by atoms with Gasteiger partial charge in [0.2, 0.25) is 5.82 Å². The van der Waals surface area contributed by atoms with E-state index in [-0.39, 0.29) is 18.2 Å². The van der Waals surface area contributed by atoms with Crippen LogP contribution in [0.15, 0.2) is 0 Å². The third-order valence-electron chi connectivity index (χ3n) is 2.89. The fraction of sp³-hybridized carbons (Fsp3) is 0.667. The van der Waals surface area contributed by atoms with E-state index in [4.69, 9.17) is 5.11 Å². The molecule has 0 bridgehead atoms. The fourth-order valence-electron chi connectivity index (χ4n) is 1.95. The Balaban J connectivity index is 2.95. The molecule has 112 valence electrons. The highest BCUT2D eigenvalue weighted by Crippen LogP contribution is 2.29. The summed E-state index contributed by atoms with van der Waals surface area (Å²) in [7, 11) is 0. The molecular weight excluding hydrogens is 264 g/mol. The molecule has 1 unspecified atom stereocenters.